The number of likely N-dealkylation sites (N-methyl/N-ethyl adjacent to an activating group) is 1. The third-order valence-corrected chi connectivity index (χ3v) is 5.17. The van der Waals surface area contributed by atoms with Crippen molar-refractivity contribution in [2.45, 2.75) is 31.8 Å². The summed E-state index contributed by atoms with van der Waals surface area (Å²) in [6.07, 6.45) is 6.34. The fourth-order valence-corrected chi connectivity index (χ4v) is 3.71. The second kappa shape index (κ2) is 7.41. The van der Waals surface area contributed by atoms with Crippen LogP contribution in [0.15, 0.2) is 18.7 Å². The van der Waals surface area contributed by atoms with Crippen molar-refractivity contribution in [1.82, 2.24) is 24.8 Å². The number of aromatic nitrogens is 4. The first kappa shape index (κ1) is 17.0. The van der Waals surface area contributed by atoms with E-state index in [9.17, 15) is 0 Å². The summed E-state index contributed by atoms with van der Waals surface area (Å²) >= 11 is 0. The molecule has 0 aromatic carbocycles. The first-order chi connectivity index (χ1) is 12.7. The van der Waals surface area contributed by atoms with Crippen molar-refractivity contribution in [3.05, 3.63) is 30.0 Å². The van der Waals surface area contributed by atoms with Crippen molar-refractivity contribution in [1.29, 1.82) is 0 Å². The summed E-state index contributed by atoms with van der Waals surface area (Å²) in [4.78, 5) is 22.2. The van der Waals surface area contributed by atoms with E-state index in [0.29, 0.717) is 11.9 Å². The predicted octanol–water partition coefficient (Wildman–Crippen LogP) is 1.34. The average Bonchev–Trinajstić information content (AvgIpc) is 2.68. The zero-order valence-electron chi connectivity index (χ0n) is 15.4. The summed E-state index contributed by atoms with van der Waals surface area (Å²) in [5, 5.41) is 3.50. The summed E-state index contributed by atoms with van der Waals surface area (Å²) in [5.41, 5.74) is 2.51. The Hall–Kier alpha value is -2.48. The van der Waals surface area contributed by atoms with Crippen LogP contribution in [0.5, 0.6) is 5.88 Å². The monoisotopic (exact) mass is 355 g/mol. The molecular formula is C18H25N7O. The molecule has 26 heavy (non-hydrogen) atoms. The summed E-state index contributed by atoms with van der Waals surface area (Å²) < 4.78 is 5.16. The quantitative estimate of drug-likeness (QED) is 0.880. The topological polar surface area (TPSA) is 79.3 Å². The number of rotatable bonds is 4. The van der Waals surface area contributed by atoms with Crippen LogP contribution in [0, 0.1) is 0 Å². The predicted molar refractivity (Wildman–Crippen MR) is 99.5 cm³/mol. The highest BCUT2D eigenvalue weighted by Crippen LogP contribution is 2.28. The number of methoxy groups -OCH3 is 1. The molecule has 2 aromatic rings. The Kier molecular flexibility index (Phi) is 4.83. The minimum Gasteiger partial charge on any atom is -0.481 e. The van der Waals surface area contributed by atoms with E-state index in [-0.39, 0.29) is 0 Å². The van der Waals surface area contributed by atoms with Crippen LogP contribution in [0.25, 0.3) is 0 Å². The van der Waals surface area contributed by atoms with Crippen molar-refractivity contribution < 1.29 is 4.74 Å². The molecule has 1 N–H and O–H groups in total. The van der Waals surface area contributed by atoms with Gasteiger partial charge in [0.2, 0.25) is 5.88 Å². The second-order valence-electron chi connectivity index (χ2n) is 6.96. The lowest BCUT2D eigenvalue weighted by molar-refractivity contribution is 0.309. The van der Waals surface area contributed by atoms with Gasteiger partial charge in [-0.15, -0.1) is 0 Å². The Bertz CT molecular complexity index is 761. The smallest absolute Gasteiger partial charge is 0.218 e. The normalized spacial score (nSPS) is 18.5. The highest BCUT2D eigenvalue weighted by atomic mass is 16.5. The first-order valence-corrected chi connectivity index (χ1v) is 9.11. The molecule has 4 heterocycles. The Morgan fingerprint density at radius 1 is 1.08 bits per heavy atom. The molecule has 1 saturated heterocycles. The van der Waals surface area contributed by atoms with Gasteiger partial charge in [0.1, 0.15) is 24.3 Å². The molecule has 2 aliphatic rings. The van der Waals surface area contributed by atoms with Gasteiger partial charge in [0, 0.05) is 50.3 Å². The molecule has 8 nitrogen and oxygen atoms in total. The number of hydrogen-bond acceptors (Lipinski definition) is 8. The average molecular weight is 355 g/mol. The number of hydrogen-bond donors (Lipinski definition) is 1. The maximum absolute atomic E-state index is 5.16. The van der Waals surface area contributed by atoms with Gasteiger partial charge in [-0.3, -0.25) is 0 Å². The minimum atomic E-state index is 0.395. The van der Waals surface area contributed by atoms with E-state index in [4.69, 9.17) is 4.74 Å². The van der Waals surface area contributed by atoms with Crippen LogP contribution >= 0.6 is 0 Å². The Morgan fingerprint density at radius 2 is 1.88 bits per heavy atom. The molecule has 2 aliphatic heterocycles. The SMILES string of the molecule is COc1cc(NC2CCN(c3ncnc4c3CN(C)CC4)CC2)ncn1. The lowest BCUT2D eigenvalue weighted by Gasteiger charge is -2.36. The van der Waals surface area contributed by atoms with Crippen LogP contribution in [0.3, 0.4) is 0 Å². The summed E-state index contributed by atoms with van der Waals surface area (Å²) in [5.74, 6) is 2.51. The van der Waals surface area contributed by atoms with E-state index in [1.807, 2.05) is 6.07 Å². The molecule has 0 radical (unpaired) electrons. The maximum Gasteiger partial charge on any atom is 0.218 e. The molecule has 0 amide bonds. The number of nitrogens with one attached hydrogen (secondary N) is 1. The van der Waals surface area contributed by atoms with Crippen molar-refractivity contribution >= 4 is 11.6 Å². The largest absolute Gasteiger partial charge is 0.481 e. The molecule has 0 saturated carbocycles. The minimum absolute atomic E-state index is 0.395. The number of ether oxygens (including phenoxy) is 1. The van der Waals surface area contributed by atoms with Gasteiger partial charge in [0.15, 0.2) is 0 Å². The molecule has 1 fully saturated rings. The van der Waals surface area contributed by atoms with E-state index in [1.54, 1.807) is 13.4 Å². The number of anilines is 2. The summed E-state index contributed by atoms with van der Waals surface area (Å²) in [6.45, 7) is 3.96. The standard InChI is InChI=1S/C18H25N7O/c1-24-6-5-15-14(10-24)18(22-11-19-15)25-7-3-13(4-8-25)23-16-9-17(26-2)21-12-20-16/h9,11-13H,3-8,10H2,1-2H3,(H,20,21,23). The van der Waals surface area contributed by atoms with Crippen molar-refractivity contribution in [2.75, 3.05) is 44.0 Å². The number of fused-ring (bicyclic) bond motifs is 1. The first-order valence-electron chi connectivity index (χ1n) is 9.11. The fourth-order valence-electron chi connectivity index (χ4n) is 3.71. The fraction of sp³-hybridized carbons (Fsp3) is 0.556. The van der Waals surface area contributed by atoms with Crippen LogP contribution in [0.1, 0.15) is 24.1 Å². The molecule has 0 aliphatic carbocycles. The maximum atomic E-state index is 5.16. The van der Waals surface area contributed by atoms with Crippen LogP contribution in [0.4, 0.5) is 11.6 Å². The highest BCUT2D eigenvalue weighted by molar-refractivity contribution is 5.50. The van der Waals surface area contributed by atoms with Gasteiger partial charge in [0.05, 0.1) is 12.8 Å². The van der Waals surface area contributed by atoms with E-state index >= 15 is 0 Å². The zero-order chi connectivity index (χ0) is 17.9. The van der Waals surface area contributed by atoms with E-state index in [1.165, 1.54) is 17.6 Å². The van der Waals surface area contributed by atoms with Gasteiger partial charge < -0.3 is 19.9 Å². The van der Waals surface area contributed by atoms with Crippen molar-refractivity contribution in [2.24, 2.45) is 0 Å². The number of piperidine rings is 1. The molecule has 138 valence electrons. The molecule has 0 atom stereocenters. The molecule has 2 aromatic heterocycles. The number of nitrogens with zero attached hydrogens (tertiary/aromatic N) is 6. The lowest BCUT2D eigenvalue weighted by atomic mass is 10.0. The summed E-state index contributed by atoms with van der Waals surface area (Å²) in [7, 11) is 3.77. The highest BCUT2D eigenvalue weighted by Gasteiger charge is 2.25. The zero-order valence-corrected chi connectivity index (χ0v) is 15.4. The molecule has 0 spiro atoms. The van der Waals surface area contributed by atoms with Gasteiger partial charge in [-0.05, 0) is 19.9 Å². The van der Waals surface area contributed by atoms with Gasteiger partial charge in [-0.1, -0.05) is 0 Å². The van der Waals surface area contributed by atoms with Gasteiger partial charge in [-0.2, -0.15) is 0 Å². The second-order valence-corrected chi connectivity index (χ2v) is 6.96. The van der Waals surface area contributed by atoms with Gasteiger partial charge >= 0.3 is 0 Å². The Balaban J connectivity index is 1.41. The van der Waals surface area contributed by atoms with Crippen molar-refractivity contribution in [3.63, 3.8) is 0 Å². The molecular weight excluding hydrogens is 330 g/mol. The van der Waals surface area contributed by atoms with Crippen LogP contribution < -0.4 is 15.0 Å². The van der Waals surface area contributed by atoms with E-state index in [2.05, 4.69) is 42.1 Å². The molecule has 0 unspecified atom stereocenters. The molecule has 8 heteroatoms. The van der Waals surface area contributed by atoms with Crippen LogP contribution in [-0.4, -0.2) is 64.7 Å². The van der Waals surface area contributed by atoms with Crippen molar-refractivity contribution in [3.8, 4) is 5.88 Å². The Labute approximate surface area is 153 Å². The Morgan fingerprint density at radius 3 is 2.69 bits per heavy atom. The lowest BCUT2D eigenvalue weighted by Crippen LogP contribution is -2.41. The van der Waals surface area contributed by atoms with Crippen LogP contribution in [0.2, 0.25) is 0 Å². The van der Waals surface area contributed by atoms with E-state index in [0.717, 1.165) is 57.1 Å². The van der Waals surface area contributed by atoms with Crippen LogP contribution in [-0.2, 0) is 13.0 Å². The summed E-state index contributed by atoms with van der Waals surface area (Å²) in [6, 6.07) is 2.23. The van der Waals surface area contributed by atoms with Gasteiger partial charge in [-0.25, -0.2) is 19.9 Å². The van der Waals surface area contributed by atoms with E-state index < -0.39 is 0 Å². The molecule has 0 bridgehead atoms. The molecule has 4 rings (SSSR count). The van der Waals surface area contributed by atoms with Gasteiger partial charge in [0.25, 0.3) is 0 Å². The third kappa shape index (κ3) is 3.55. The third-order valence-electron chi connectivity index (χ3n) is 5.17.